The normalized spacial score (nSPS) is 13.6. The first-order valence-corrected chi connectivity index (χ1v) is 26.3. The summed E-state index contributed by atoms with van der Waals surface area (Å²) in [5, 5.41) is 4.44. The van der Waals surface area contributed by atoms with Crippen LogP contribution < -0.4 is 0 Å². The smallest absolute Gasteiger partial charge is 0.199 e. The number of benzene rings is 1. The molecule has 5 rings (SSSR count). The molecule has 1 aromatic carbocycles. The fourth-order valence-corrected chi connectivity index (χ4v) is 12.6. The number of halogens is 2. The third-order valence-electron chi connectivity index (χ3n) is 12.6. The Bertz CT molecular complexity index is 1750. The molecular weight excluding hydrogens is 791 g/mol. The number of ketones is 2. The minimum Gasteiger partial charge on any atom is -0.288 e. The molecular formula is C52H72F2O2S3. The van der Waals surface area contributed by atoms with Crippen molar-refractivity contribution in [2.75, 3.05) is 0 Å². The maximum Gasteiger partial charge on any atom is 0.199 e. The van der Waals surface area contributed by atoms with Crippen LogP contribution in [0.1, 0.15) is 225 Å². The maximum absolute atomic E-state index is 15.4. The molecule has 0 fully saturated rings. The second-order valence-electron chi connectivity index (χ2n) is 17.5. The van der Waals surface area contributed by atoms with Crippen molar-refractivity contribution in [1.82, 2.24) is 0 Å². The molecule has 1 aliphatic rings. The number of fused-ring (bicyclic) bond motifs is 2. The second kappa shape index (κ2) is 25.5. The van der Waals surface area contributed by atoms with Crippen LogP contribution in [0.3, 0.4) is 0 Å². The van der Waals surface area contributed by atoms with Gasteiger partial charge in [0.15, 0.2) is 11.6 Å². The summed E-state index contributed by atoms with van der Waals surface area (Å²) in [5.74, 6) is -1.63. The summed E-state index contributed by atoms with van der Waals surface area (Å²) in [6.45, 7) is 9.05. The first-order chi connectivity index (χ1) is 28.8. The van der Waals surface area contributed by atoms with Crippen LogP contribution in [0.15, 0.2) is 35.0 Å². The highest BCUT2D eigenvalue weighted by Crippen LogP contribution is 2.50. The fraction of sp³-hybridized carbons (Fsp3) is 0.615. The molecule has 0 spiro atoms. The number of thiophene rings is 3. The molecule has 0 N–H and O–H groups in total. The SMILES string of the molecule is CCCCCCCCC(CCCCCC)Cc1csc(-c2sc(-c3cc(CC(CCCCCC)CCCCCCCC)cs3)c3c2C(=O)c2c(F)ccc(F)c2C3=O)c1. The standard InChI is InChI=1S/C52H72F2O2S3/c1-5-9-13-17-19-23-27-37(25-21-15-11-7-3)31-39-33-43(57-35-39)51-47-48(50(56)46-42(54)30-29-41(53)45(46)49(47)55)52(59-51)44-34-40(36-58-44)32-38(26-22-16-12-8-4)28-24-20-18-14-10-6-2/h29-30,33-38H,5-28,31-32H2,1-4H3. The maximum atomic E-state index is 15.4. The summed E-state index contributed by atoms with van der Waals surface area (Å²) in [4.78, 5) is 32.0. The van der Waals surface area contributed by atoms with Gasteiger partial charge in [0.2, 0.25) is 0 Å². The number of unbranched alkanes of at least 4 members (excludes halogenated alkanes) is 16. The molecule has 2 atom stereocenters. The van der Waals surface area contributed by atoms with E-state index in [1.165, 1.54) is 177 Å². The van der Waals surface area contributed by atoms with Crippen molar-refractivity contribution < 1.29 is 18.4 Å². The largest absolute Gasteiger partial charge is 0.288 e. The van der Waals surface area contributed by atoms with Crippen LogP contribution >= 0.6 is 34.0 Å². The Morgan fingerprint density at radius 1 is 0.458 bits per heavy atom. The quantitative estimate of drug-likeness (QED) is 0.0431. The summed E-state index contributed by atoms with van der Waals surface area (Å²) in [7, 11) is 0. The van der Waals surface area contributed by atoms with E-state index in [9.17, 15) is 9.59 Å². The van der Waals surface area contributed by atoms with Crippen molar-refractivity contribution >= 4 is 45.6 Å². The lowest BCUT2D eigenvalue weighted by atomic mass is 9.83. The predicted molar refractivity (Wildman–Crippen MR) is 252 cm³/mol. The molecule has 7 heteroatoms. The Balaban J connectivity index is 1.43. The van der Waals surface area contributed by atoms with E-state index in [0.29, 0.717) is 21.6 Å². The van der Waals surface area contributed by atoms with Gasteiger partial charge in [0.1, 0.15) is 11.6 Å². The van der Waals surface area contributed by atoms with Crippen molar-refractivity contribution in [2.24, 2.45) is 11.8 Å². The highest BCUT2D eigenvalue weighted by Gasteiger charge is 2.41. The number of carbonyl (C=O) groups is 2. The van der Waals surface area contributed by atoms with Gasteiger partial charge in [-0.2, -0.15) is 0 Å². The second-order valence-corrected chi connectivity index (χ2v) is 20.4. The van der Waals surface area contributed by atoms with Crippen molar-refractivity contribution in [1.29, 1.82) is 0 Å². The minimum absolute atomic E-state index is 0.246. The first-order valence-electron chi connectivity index (χ1n) is 23.7. The lowest BCUT2D eigenvalue weighted by molar-refractivity contribution is 0.0974. The summed E-state index contributed by atoms with van der Waals surface area (Å²) in [5.41, 5.74) is 2.17. The lowest BCUT2D eigenvalue weighted by Gasteiger charge is -2.18. The van der Waals surface area contributed by atoms with E-state index in [1.54, 1.807) is 22.7 Å². The van der Waals surface area contributed by atoms with Gasteiger partial charge in [-0.05, 0) is 70.8 Å². The Hall–Kier alpha value is -2.48. The molecule has 59 heavy (non-hydrogen) atoms. The van der Waals surface area contributed by atoms with Crippen molar-refractivity contribution in [3.8, 4) is 19.5 Å². The van der Waals surface area contributed by atoms with E-state index < -0.39 is 34.3 Å². The molecule has 2 unspecified atom stereocenters. The molecule has 0 bridgehead atoms. The third kappa shape index (κ3) is 13.5. The van der Waals surface area contributed by atoms with E-state index in [4.69, 9.17) is 0 Å². The number of rotatable bonds is 30. The van der Waals surface area contributed by atoms with E-state index in [2.05, 4.69) is 50.6 Å². The van der Waals surface area contributed by atoms with Crippen LogP contribution in [0.4, 0.5) is 8.78 Å². The number of hydrogen-bond acceptors (Lipinski definition) is 5. The first kappa shape index (κ1) is 47.6. The third-order valence-corrected chi connectivity index (χ3v) is 16.1. The van der Waals surface area contributed by atoms with E-state index in [-0.39, 0.29) is 11.1 Å². The minimum atomic E-state index is -0.842. The van der Waals surface area contributed by atoms with E-state index in [1.807, 2.05) is 0 Å². The fourth-order valence-electron chi connectivity index (χ4n) is 9.17. The van der Waals surface area contributed by atoms with E-state index in [0.717, 1.165) is 34.7 Å². The molecule has 0 saturated carbocycles. The van der Waals surface area contributed by atoms with Crippen molar-refractivity contribution in [2.45, 2.75) is 195 Å². The Morgan fingerprint density at radius 2 is 0.780 bits per heavy atom. The average molecular weight is 863 g/mol. The van der Waals surface area contributed by atoms with Crippen LogP contribution in [0.25, 0.3) is 19.5 Å². The van der Waals surface area contributed by atoms with Crippen LogP contribution in [0.5, 0.6) is 0 Å². The van der Waals surface area contributed by atoms with Crippen molar-refractivity contribution in [3.05, 3.63) is 80.0 Å². The summed E-state index contributed by atoms with van der Waals surface area (Å²) in [6.07, 6.45) is 32.6. The summed E-state index contributed by atoms with van der Waals surface area (Å²) < 4.78 is 30.8. The molecule has 0 amide bonds. The van der Waals surface area contributed by atoms with Gasteiger partial charge in [0.25, 0.3) is 0 Å². The van der Waals surface area contributed by atoms with Crippen LogP contribution in [0, 0.1) is 23.5 Å². The van der Waals surface area contributed by atoms with Gasteiger partial charge >= 0.3 is 0 Å². The van der Waals surface area contributed by atoms with Crippen molar-refractivity contribution in [3.63, 3.8) is 0 Å². The van der Waals surface area contributed by atoms with Crippen LogP contribution in [-0.4, -0.2) is 11.6 Å². The molecule has 2 nitrogen and oxygen atoms in total. The molecule has 0 saturated heterocycles. The van der Waals surface area contributed by atoms with E-state index >= 15 is 8.78 Å². The van der Waals surface area contributed by atoms with Gasteiger partial charge in [0.05, 0.1) is 32.0 Å². The molecule has 3 heterocycles. The van der Waals surface area contributed by atoms with Gasteiger partial charge in [-0.3, -0.25) is 9.59 Å². The van der Waals surface area contributed by atoms with Gasteiger partial charge in [0, 0.05) is 9.75 Å². The van der Waals surface area contributed by atoms with Gasteiger partial charge in [-0.25, -0.2) is 8.78 Å². The summed E-state index contributed by atoms with van der Waals surface area (Å²) in [6, 6.07) is 6.36. The summed E-state index contributed by atoms with van der Waals surface area (Å²) >= 11 is 4.67. The average Bonchev–Trinajstić information content (AvgIpc) is 3.99. The topological polar surface area (TPSA) is 34.1 Å². The molecule has 324 valence electrons. The zero-order valence-corrected chi connectivity index (χ0v) is 39.3. The van der Waals surface area contributed by atoms with Crippen LogP contribution in [-0.2, 0) is 12.8 Å². The number of carbonyl (C=O) groups excluding carboxylic acids is 2. The Kier molecular flexibility index (Phi) is 20.5. The molecule has 1 aliphatic carbocycles. The number of hydrogen-bond donors (Lipinski definition) is 0. The highest BCUT2D eigenvalue weighted by atomic mass is 32.1. The van der Waals surface area contributed by atoms with Gasteiger partial charge in [-0.1, -0.05) is 182 Å². The Morgan fingerprint density at radius 3 is 1.14 bits per heavy atom. The lowest BCUT2D eigenvalue weighted by Crippen LogP contribution is -2.23. The highest BCUT2D eigenvalue weighted by molar-refractivity contribution is 7.26. The van der Waals surface area contributed by atoms with Gasteiger partial charge in [-0.15, -0.1) is 34.0 Å². The molecule has 3 aromatic heterocycles. The zero-order chi connectivity index (χ0) is 42.0. The zero-order valence-electron chi connectivity index (χ0n) is 36.8. The van der Waals surface area contributed by atoms with Crippen LogP contribution in [0.2, 0.25) is 0 Å². The van der Waals surface area contributed by atoms with Gasteiger partial charge < -0.3 is 0 Å². The Labute approximate surface area is 368 Å². The molecule has 0 aliphatic heterocycles. The molecule has 0 radical (unpaired) electrons. The monoisotopic (exact) mass is 862 g/mol. The molecule has 4 aromatic rings. The predicted octanol–water partition coefficient (Wildman–Crippen LogP) is 18.0.